The van der Waals surface area contributed by atoms with Crippen LogP contribution in [0.1, 0.15) is 27.8 Å². The number of benzene rings is 4. The van der Waals surface area contributed by atoms with Crippen LogP contribution in [0.25, 0.3) is 0 Å². The van der Waals surface area contributed by atoms with Crippen LogP contribution in [0.5, 0.6) is 5.75 Å². The zero-order valence-electron chi connectivity index (χ0n) is 19.2. The van der Waals surface area contributed by atoms with E-state index in [0.29, 0.717) is 12.2 Å². The van der Waals surface area contributed by atoms with Crippen LogP contribution in [0.2, 0.25) is 0 Å². The normalized spacial score (nSPS) is 11.0. The van der Waals surface area contributed by atoms with Gasteiger partial charge in [0.2, 0.25) is 0 Å². The Hall–Kier alpha value is -2.00. The van der Waals surface area contributed by atoms with Crippen LogP contribution in [-0.4, -0.2) is 18.4 Å². The van der Waals surface area contributed by atoms with E-state index >= 15 is 0 Å². The van der Waals surface area contributed by atoms with Crippen molar-refractivity contribution < 1.29 is 26.5 Å². The molecule has 0 heterocycles. The van der Waals surface area contributed by atoms with Crippen LogP contribution in [-0.2, 0) is 29.9 Å². The quantitative estimate of drug-likeness (QED) is 0.151. The van der Waals surface area contributed by atoms with E-state index in [1.54, 1.807) is 19.3 Å². The van der Waals surface area contributed by atoms with Crippen molar-refractivity contribution in [2.45, 2.75) is 12.8 Å². The summed E-state index contributed by atoms with van der Waals surface area (Å²) in [5, 5.41) is 13.0. The predicted octanol–water partition coefficient (Wildman–Crippen LogP) is 6.77. The number of halogens is 3. The number of phenolic OH excluding ortho intramolecular Hbond substituents is 1. The summed E-state index contributed by atoms with van der Waals surface area (Å²) in [7, 11) is 11.6. The summed E-state index contributed by atoms with van der Waals surface area (Å²) in [4.78, 5) is 4.07. The molecule has 178 valence electrons. The number of rotatable bonds is 7. The second-order valence-electron chi connectivity index (χ2n) is 7.79. The van der Waals surface area contributed by atoms with E-state index in [4.69, 9.17) is 18.6 Å². The summed E-state index contributed by atoms with van der Waals surface area (Å²) in [6, 6.07) is 29.4. The van der Waals surface area contributed by atoms with Gasteiger partial charge in [0.25, 0.3) is 0 Å². The van der Waals surface area contributed by atoms with Crippen molar-refractivity contribution in [3.8, 4) is 5.75 Å². The molecule has 0 bridgehead atoms. The fourth-order valence-electron chi connectivity index (χ4n) is 3.78. The van der Waals surface area contributed by atoms with Crippen molar-refractivity contribution in [1.82, 2.24) is 0 Å². The Morgan fingerprint density at radius 1 is 0.829 bits per heavy atom. The predicted molar refractivity (Wildman–Crippen MR) is 146 cm³/mol. The van der Waals surface area contributed by atoms with Crippen molar-refractivity contribution >= 4 is 44.0 Å². The molecule has 1 atom stereocenters. The van der Waals surface area contributed by atoms with E-state index in [2.05, 4.69) is 41.4 Å². The van der Waals surface area contributed by atoms with E-state index in [0.717, 1.165) is 39.3 Å². The molecule has 2 nitrogen and oxygen atoms in total. The van der Waals surface area contributed by atoms with Crippen molar-refractivity contribution in [3.63, 3.8) is 0 Å². The molecule has 7 heteroatoms. The molecule has 35 heavy (non-hydrogen) atoms. The Morgan fingerprint density at radius 2 is 1.43 bits per heavy atom. The van der Waals surface area contributed by atoms with Gasteiger partial charge in [0.05, 0.1) is 0 Å². The first-order valence-corrected chi connectivity index (χ1v) is 16.2. The first kappa shape index (κ1) is 27.6. The third-order valence-corrected chi connectivity index (χ3v) is 6.66. The zero-order chi connectivity index (χ0) is 25.0. The number of phenols is 1. The van der Waals surface area contributed by atoms with Gasteiger partial charge in [0, 0.05) is 30.6 Å². The zero-order valence-corrected chi connectivity index (χ0v) is 23.3. The third kappa shape index (κ3) is 8.56. The van der Waals surface area contributed by atoms with E-state index in [1.165, 1.54) is 17.7 Å². The maximum absolute atomic E-state index is 13.8. The molecular formula is C28H25Cl2FNOPTi. The van der Waals surface area contributed by atoms with Crippen LogP contribution >= 0.6 is 27.2 Å². The molecule has 0 radical (unpaired) electrons. The van der Waals surface area contributed by atoms with Gasteiger partial charge in [-0.3, -0.25) is 4.99 Å². The summed E-state index contributed by atoms with van der Waals surface area (Å²) in [5.41, 5.74) is 5.16. The fourth-order valence-corrected chi connectivity index (χ4v) is 5.05. The van der Waals surface area contributed by atoms with E-state index in [-0.39, 0.29) is 14.4 Å². The summed E-state index contributed by atoms with van der Waals surface area (Å²) in [5.74, 6) is 0.0213. The minimum absolute atomic E-state index is 0.187. The van der Waals surface area contributed by atoms with E-state index in [1.807, 2.05) is 36.4 Å². The average molecular weight is 560 g/mol. The molecule has 0 aromatic heterocycles. The van der Waals surface area contributed by atoms with E-state index < -0.39 is 17.0 Å². The van der Waals surface area contributed by atoms with E-state index in [9.17, 15) is 9.50 Å². The van der Waals surface area contributed by atoms with Gasteiger partial charge in [-0.25, -0.2) is 4.39 Å². The Balaban J connectivity index is 0.00000108. The Labute approximate surface area is 224 Å². The van der Waals surface area contributed by atoms with Gasteiger partial charge < -0.3 is 5.11 Å². The molecule has 0 saturated carbocycles. The summed E-state index contributed by atoms with van der Waals surface area (Å²) in [6.45, 7) is 0. The number of aliphatic imine (C=N–C) groups is 1. The molecule has 0 aliphatic carbocycles. The van der Waals surface area contributed by atoms with Crippen LogP contribution in [0.4, 0.5) is 4.39 Å². The molecule has 0 aliphatic rings. The molecule has 4 aromatic rings. The topological polar surface area (TPSA) is 32.6 Å². The third-order valence-electron chi connectivity index (χ3n) is 5.29. The number of hydrogen-bond donors (Lipinski definition) is 1. The molecule has 0 saturated heterocycles. The summed E-state index contributed by atoms with van der Waals surface area (Å²) in [6.07, 6.45) is 3.10. The fraction of sp³-hybridized carbons (Fsp3) is 0.107. The van der Waals surface area contributed by atoms with Crippen LogP contribution in [0.15, 0.2) is 96.0 Å². The molecular weight excluding hydrogens is 535 g/mol. The Bertz CT molecular complexity index is 1260. The maximum atomic E-state index is 13.8. The number of aromatic hydroxyl groups is 1. The summed E-state index contributed by atoms with van der Waals surface area (Å²) >= 11 is -0.556. The average Bonchev–Trinajstić information content (AvgIpc) is 2.85. The van der Waals surface area contributed by atoms with Gasteiger partial charge in [0.15, 0.2) is 0 Å². The monoisotopic (exact) mass is 559 g/mol. The van der Waals surface area contributed by atoms with Crippen molar-refractivity contribution in [2.24, 2.45) is 4.99 Å². The molecule has 1 N–H and O–H groups in total. The van der Waals surface area contributed by atoms with Crippen LogP contribution < -0.4 is 10.6 Å². The van der Waals surface area contributed by atoms with Gasteiger partial charge >= 0.3 is 35.6 Å². The Morgan fingerprint density at radius 3 is 2.03 bits per heavy atom. The minimum atomic E-state index is -0.556. The van der Waals surface area contributed by atoms with Crippen LogP contribution in [0.3, 0.4) is 0 Å². The van der Waals surface area contributed by atoms with Gasteiger partial charge in [-0.1, -0.05) is 81.4 Å². The van der Waals surface area contributed by atoms with Crippen molar-refractivity contribution in [3.05, 3.63) is 125 Å². The summed E-state index contributed by atoms with van der Waals surface area (Å²) < 4.78 is 13.8. The number of hydrogen-bond acceptors (Lipinski definition) is 2. The molecule has 0 fully saturated rings. The molecule has 1 unspecified atom stereocenters. The van der Waals surface area contributed by atoms with Gasteiger partial charge in [-0.2, -0.15) is 0 Å². The Kier molecular flexibility index (Phi) is 11.5. The van der Waals surface area contributed by atoms with Gasteiger partial charge in [-0.15, -0.1) is 0 Å². The van der Waals surface area contributed by atoms with Gasteiger partial charge in [-0.05, 0) is 52.2 Å². The first-order chi connectivity index (χ1) is 17.0. The second-order valence-corrected chi connectivity index (χ2v) is 11.7. The second kappa shape index (κ2) is 14.5. The van der Waals surface area contributed by atoms with Crippen molar-refractivity contribution in [2.75, 3.05) is 7.05 Å². The molecule has 0 spiro atoms. The number of nitrogens with zero attached hydrogens (tertiary/aromatic N) is 1. The van der Waals surface area contributed by atoms with Gasteiger partial charge in [0.1, 0.15) is 11.6 Å². The van der Waals surface area contributed by atoms with Crippen LogP contribution in [0, 0.1) is 5.82 Å². The molecule has 4 rings (SSSR count). The first-order valence-electron chi connectivity index (χ1n) is 10.9. The SMILES string of the molecule is CN=Cc1cc(F)ccc1Pc1cc(Cc2ccccc2)cc(Cc2ccccc2)c1O.[Cl][Ti][Cl]. The van der Waals surface area contributed by atoms with Crippen molar-refractivity contribution in [1.29, 1.82) is 0 Å². The standard InChI is InChI=1S/C28H25FNOP.2ClH.Ti/c1-30-19-24-18-25(29)12-13-26(24)32-27-17-22(14-20-8-4-2-5-9-20)16-23(28(27)31)15-21-10-6-3-7-11-21;;;/h2-13,16-19,31-32H,14-15H2,1H3;2*1H;/q;;;+2/p-2. The molecule has 4 aromatic carbocycles. The molecule has 0 aliphatic heterocycles. The molecule has 0 amide bonds.